The van der Waals surface area contributed by atoms with E-state index >= 15 is 0 Å². The van der Waals surface area contributed by atoms with Gasteiger partial charge in [0.15, 0.2) is 0 Å². The number of rotatable bonds is 2. The van der Waals surface area contributed by atoms with E-state index < -0.39 is 0 Å². The number of ether oxygens (including phenoxy) is 1. The van der Waals surface area contributed by atoms with Gasteiger partial charge in [-0.05, 0) is 53.5 Å². The first kappa shape index (κ1) is 11.8. The lowest BCUT2D eigenvalue weighted by Gasteiger charge is -2.10. The van der Waals surface area contributed by atoms with E-state index in [1.54, 1.807) is 11.8 Å². The smallest absolute Gasteiger partial charge is 0.339 e. The summed E-state index contributed by atoms with van der Waals surface area (Å²) in [5.74, 6) is -0.259. The lowest BCUT2D eigenvalue weighted by molar-refractivity contribution is 0.0596. The van der Waals surface area contributed by atoms with E-state index in [4.69, 9.17) is 4.74 Å². The fourth-order valence-electron chi connectivity index (χ4n) is 1.19. The molecular weight excluding hydrogens is 311 g/mol. The second-order valence-corrected chi connectivity index (χ2v) is 4.75. The summed E-state index contributed by atoms with van der Waals surface area (Å²) in [5.41, 5.74) is 1.68. The van der Waals surface area contributed by atoms with Crippen LogP contribution in [0.3, 0.4) is 0 Å². The van der Waals surface area contributed by atoms with Crippen molar-refractivity contribution < 1.29 is 9.53 Å². The number of hydrogen-bond acceptors (Lipinski definition) is 3. The van der Waals surface area contributed by atoms with Gasteiger partial charge in [0.25, 0.3) is 0 Å². The van der Waals surface area contributed by atoms with Crippen LogP contribution in [-0.4, -0.2) is 19.3 Å². The Morgan fingerprint density at radius 3 is 2.64 bits per heavy atom. The fourth-order valence-corrected chi connectivity index (χ4v) is 2.28. The molecule has 14 heavy (non-hydrogen) atoms. The highest BCUT2D eigenvalue weighted by molar-refractivity contribution is 14.1. The topological polar surface area (TPSA) is 26.3 Å². The van der Waals surface area contributed by atoms with E-state index in [9.17, 15) is 4.79 Å². The molecule has 0 fully saturated rings. The van der Waals surface area contributed by atoms with Crippen LogP contribution in [0.2, 0.25) is 0 Å². The molecule has 0 radical (unpaired) electrons. The Morgan fingerprint density at radius 1 is 1.50 bits per heavy atom. The van der Waals surface area contributed by atoms with E-state index in [0.29, 0.717) is 5.56 Å². The molecular formula is C10H11IO2S. The summed E-state index contributed by atoms with van der Waals surface area (Å²) in [6, 6.07) is 3.96. The van der Waals surface area contributed by atoms with Crippen molar-refractivity contribution in [1.29, 1.82) is 0 Å². The lowest BCUT2D eigenvalue weighted by atomic mass is 10.1. The van der Waals surface area contributed by atoms with Gasteiger partial charge in [-0.25, -0.2) is 4.79 Å². The molecule has 0 atom stereocenters. The molecule has 0 aliphatic carbocycles. The van der Waals surface area contributed by atoms with Gasteiger partial charge < -0.3 is 4.74 Å². The highest BCUT2D eigenvalue weighted by atomic mass is 127. The minimum absolute atomic E-state index is 0.259. The van der Waals surface area contributed by atoms with Crippen molar-refractivity contribution in [3.05, 3.63) is 26.8 Å². The van der Waals surface area contributed by atoms with Gasteiger partial charge in [-0.15, -0.1) is 11.8 Å². The maximum Gasteiger partial charge on any atom is 0.339 e. The van der Waals surface area contributed by atoms with Gasteiger partial charge in [-0.1, -0.05) is 0 Å². The molecule has 4 heteroatoms. The molecule has 0 unspecified atom stereocenters. The summed E-state index contributed by atoms with van der Waals surface area (Å²) in [6.07, 6.45) is 1.95. The molecule has 0 aliphatic rings. The second-order valence-electron chi connectivity index (χ2n) is 2.74. The molecule has 0 aliphatic heterocycles. The number of thioether (sulfide) groups is 1. The van der Waals surface area contributed by atoms with Crippen LogP contribution in [0.25, 0.3) is 0 Å². The predicted molar refractivity (Wildman–Crippen MR) is 67.0 cm³/mol. The van der Waals surface area contributed by atoms with Crippen LogP contribution >= 0.6 is 34.4 Å². The highest BCUT2D eigenvalue weighted by Gasteiger charge is 2.15. The third kappa shape index (κ3) is 2.23. The van der Waals surface area contributed by atoms with Crippen LogP contribution in [0.1, 0.15) is 15.9 Å². The van der Waals surface area contributed by atoms with Gasteiger partial charge in [0.05, 0.1) is 12.7 Å². The number of benzene rings is 1. The molecule has 1 aromatic carbocycles. The Morgan fingerprint density at radius 2 is 2.14 bits per heavy atom. The van der Waals surface area contributed by atoms with Crippen molar-refractivity contribution >= 4 is 40.3 Å². The van der Waals surface area contributed by atoms with E-state index in [1.807, 2.05) is 25.3 Å². The van der Waals surface area contributed by atoms with Gasteiger partial charge in [0.1, 0.15) is 0 Å². The molecule has 1 rings (SSSR count). The van der Waals surface area contributed by atoms with Crippen LogP contribution in [0.4, 0.5) is 0 Å². The quantitative estimate of drug-likeness (QED) is 0.475. The molecule has 76 valence electrons. The molecule has 0 saturated heterocycles. The molecule has 2 nitrogen and oxygen atoms in total. The Kier molecular flexibility index (Phi) is 4.25. The van der Waals surface area contributed by atoms with E-state index in [1.165, 1.54) is 7.11 Å². The summed E-state index contributed by atoms with van der Waals surface area (Å²) in [5, 5.41) is 0. The minimum Gasteiger partial charge on any atom is -0.465 e. The van der Waals surface area contributed by atoms with Crippen LogP contribution in [0.15, 0.2) is 17.0 Å². The Hall–Kier alpha value is -0.230. The zero-order valence-electron chi connectivity index (χ0n) is 8.26. The van der Waals surface area contributed by atoms with Gasteiger partial charge >= 0.3 is 5.97 Å². The molecule has 0 amide bonds. The van der Waals surface area contributed by atoms with E-state index in [0.717, 1.165) is 14.0 Å². The van der Waals surface area contributed by atoms with Gasteiger partial charge in [0, 0.05) is 8.47 Å². The summed E-state index contributed by atoms with van der Waals surface area (Å²) in [7, 11) is 1.41. The van der Waals surface area contributed by atoms with Crippen molar-refractivity contribution in [3.8, 4) is 0 Å². The number of carbonyl (C=O) groups is 1. The Bertz CT molecular complexity index is 363. The Labute approximate surface area is 102 Å². The molecule has 0 aromatic heterocycles. The average molecular weight is 322 g/mol. The predicted octanol–water partition coefficient (Wildman–Crippen LogP) is 3.11. The first-order valence-electron chi connectivity index (χ1n) is 4.03. The summed E-state index contributed by atoms with van der Waals surface area (Å²) in [4.78, 5) is 12.5. The minimum atomic E-state index is -0.259. The van der Waals surface area contributed by atoms with Crippen LogP contribution in [-0.2, 0) is 4.74 Å². The maximum absolute atomic E-state index is 11.5. The molecule has 0 saturated carbocycles. The third-order valence-electron chi connectivity index (χ3n) is 1.97. The van der Waals surface area contributed by atoms with Crippen LogP contribution < -0.4 is 0 Å². The zero-order valence-corrected chi connectivity index (χ0v) is 11.2. The first-order valence-corrected chi connectivity index (χ1v) is 6.33. The summed E-state index contributed by atoms with van der Waals surface area (Å²) in [6.45, 7) is 1.94. The number of methoxy groups -OCH3 is 1. The maximum atomic E-state index is 11.5. The molecule has 0 spiro atoms. The van der Waals surface area contributed by atoms with Gasteiger partial charge in [0.2, 0.25) is 0 Å². The second kappa shape index (κ2) is 5.02. The van der Waals surface area contributed by atoms with Crippen LogP contribution in [0, 0.1) is 10.5 Å². The van der Waals surface area contributed by atoms with Crippen molar-refractivity contribution in [3.63, 3.8) is 0 Å². The van der Waals surface area contributed by atoms with E-state index in [-0.39, 0.29) is 5.97 Å². The largest absolute Gasteiger partial charge is 0.465 e. The summed E-state index contributed by atoms with van der Waals surface area (Å²) < 4.78 is 5.84. The SMILES string of the molecule is COC(=O)c1c(SC)ccc(I)c1C. The molecule has 0 bridgehead atoms. The first-order chi connectivity index (χ1) is 6.61. The van der Waals surface area contributed by atoms with Gasteiger partial charge in [-0.2, -0.15) is 0 Å². The fraction of sp³-hybridized carbons (Fsp3) is 0.300. The lowest BCUT2D eigenvalue weighted by Crippen LogP contribution is -2.06. The monoisotopic (exact) mass is 322 g/mol. The highest BCUT2D eigenvalue weighted by Crippen LogP contribution is 2.27. The van der Waals surface area contributed by atoms with Crippen molar-refractivity contribution in [2.45, 2.75) is 11.8 Å². The third-order valence-corrected chi connectivity index (χ3v) is 3.92. The number of hydrogen-bond donors (Lipinski definition) is 0. The summed E-state index contributed by atoms with van der Waals surface area (Å²) >= 11 is 3.77. The van der Waals surface area contributed by atoms with Crippen molar-refractivity contribution in [1.82, 2.24) is 0 Å². The Balaban J connectivity index is 3.35. The standard InChI is InChI=1S/C10H11IO2S/c1-6-7(11)4-5-8(14-3)9(6)10(12)13-2/h4-5H,1-3H3. The van der Waals surface area contributed by atoms with E-state index in [2.05, 4.69) is 22.6 Å². The number of esters is 1. The van der Waals surface area contributed by atoms with Crippen molar-refractivity contribution in [2.24, 2.45) is 0 Å². The van der Waals surface area contributed by atoms with Crippen molar-refractivity contribution in [2.75, 3.05) is 13.4 Å². The normalized spacial score (nSPS) is 10.0. The van der Waals surface area contributed by atoms with Gasteiger partial charge in [-0.3, -0.25) is 0 Å². The molecule has 0 heterocycles. The average Bonchev–Trinajstić information content (AvgIpc) is 2.20. The molecule has 1 aromatic rings. The zero-order chi connectivity index (χ0) is 10.7. The molecule has 0 N–H and O–H groups in total. The number of halogens is 1. The van der Waals surface area contributed by atoms with Crippen LogP contribution in [0.5, 0.6) is 0 Å². The number of carbonyl (C=O) groups excluding carboxylic acids is 1.